The summed E-state index contributed by atoms with van der Waals surface area (Å²) in [6, 6.07) is 10.6. The van der Waals surface area contributed by atoms with Gasteiger partial charge in [0.15, 0.2) is 5.49 Å². The van der Waals surface area contributed by atoms with Crippen molar-refractivity contribution < 1.29 is 13.2 Å². The summed E-state index contributed by atoms with van der Waals surface area (Å²) in [5.41, 5.74) is 2.86. The molecule has 1 atom stereocenters. The molecule has 3 aliphatic rings. The van der Waals surface area contributed by atoms with E-state index in [2.05, 4.69) is 24.8 Å². The van der Waals surface area contributed by atoms with Crippen molar-refractivity contribution in [1.82, 2.24) is 19.5 Å². The van der Waals surface area contributed by atoms with Gasteiger partial charge in [-0.1, -0.05) is 18.2 Å². The van der Waals surface area contributed by atoms with E-state index < -0.39 is 17.8 Å². The highest BCUT2D eigenvalue weighted by Gasteiger charge is 2.31. The predicted molar refractivity (Wildman–Crippen MR) is 119 cm³/mol. The number of rotatable bonds is 3. The molecule has 168 valence electrons. The Kier molecular flexibility index (Phi) is 5.11. The molecular weight excluding hydrogens is 429 g/mol. The molecule has 0 fully saturated rings. The van der Waals surface area contributed by atoms with Gasteiger partial charge in [-0.25, -0.2) is 9.97 Å². The van der Waals surface area contributed by atoms with Crippen LogP contribution in [0.3, 0.4) is 0 Å². The van der Waals surface area contributed by atoms with Gasteiger partial charge in [0.25, 0.3) is 0 Å². The lowest BCUT2D eigenvalue weighted by molar-refractivity contribution is -0.137. The van der Waals surface area contributed by atoms with Crippen LogP contribution in [0.15, 0.2) is 59.9 Å². The predicted octanol–water partition coefficient (Wildman–Crippen LogP) is 4.86. The minimum Gasteiger partial charge on any atom is -0.369 e. The molecule has 9 heteroatoms. The molecule has 6 nitrogen and oxygen atoms in total. The average Bonchev–Trinajstić information content (AvgIpc) is 3.29. The number of pyridine rings is 2. The number of nitrogens with zero attached hydrogens (tertiary/aromatic N) is 5. The van der Waals surface area contributed by atoms with Gasteiger partial charge in [0.1, 0.15) is 17.5 Å². The van der Waals surface area contributed by atoms with Gasteiger partial charge in [0, 0.05) is 36.6 Å². The first-order valence-corrected chi connectivity index (χ1v) is 10.6. The summed E-state index contributed by atoms with van der Waals surface area (Å²) >= 11 is 0. The second kappa shape index (κ2) is 7.99. The van der Waals surface area contributed by atoms with E-state index in [4.69, 9.17) is 4.99 Å². The zero-order valence-corrected chi connectivity index (χ0v) is 18.1. The lowest BCUT2D eigenvalue weighted by Gasteiger charge is -2.18. The second-order valence-electron chi connectivity index (χ2n) is 7.99. The van der Waals surface area contributed by atoms with Gasteiger partial charge >= 0.3 is 6.18 Å². The third kappa shape index (κ3) is 3.94. The zero-order valence-electron chi connectivity index (χ0n) is 18.1. The van der Waals surface area contributed by atoms with Crippen molar-refractivity contribution in [1.29, 1.82) is 0 Å². The molecular formula is C24H21F3N6. The van der Waals surface area contributed by atoms with Crippen molar-refractivity contribution in [3.63, 3.8) is 0 Å². The van der Waals surface area contributed by atoms with E-state index in [0.29, 0.717) is 16.9 Å². The summed E-state index contributed by atoms with van der Waals surface area (Å²) in [6.07, 6.45) is -0.898. The van der Waals surface area contributed by atoms with E-state index in [1.54, 1.807) is 32.3 Å². The third-order valence-corrected chi connectivity index (χ3v) is 5.70. The Morgan fingerprint density at radius 1 is 1.09 bits per heavy atom. The van der Waals surface area contributed by atoms with Crippen LogP contribution >= 0.6 is 0 Å². The first kappa shape index (κ1) is 21.1. The van der Waals surface area contributed by atoms with Gasteiger partial charge in [-0.3, -0.25) is 9.98 Å². The molecule has 0 saturated carbocycles. The number of benzene rings is 1. The highest BCUT2D eigenvalue weighted by molar-refractivity contribution is 5.81. The van der Waals surface area contributed by atoms with Crippen molar-refractivity contribution in [2.75, 3.05) is 11.9 Å². The highest BCUT2D eigenvalue weighted by Crippen LogP contribution is 2.36. The first-order valence-electron chi connectivity index (χ1n) is 10.6. The molecule has 1 N–H and O–H groups in total. The number of nitrogens with one attached hydrogen (secondary N) is 1. The van der Waals surface area contributed by atoms with Crippen LogP contribution in [0.25, 0.3) is 22.5 Å². The lowest BCUT2D eigenvalue weighted by atomic mass is 10.0. The number of halogens is 3. The molecule has 1 unspecified atom stereocenters. The monoisotopic (exact) mass is 450 g/mol. The summed E-state index contributed by atoms with van der Waals surface area (Å²) in [5.74, 6) is 2.24. The molecule has 5 rings (SSSR count). The van der Waals surface area contributed by atoms with E-state index in [1.807, 2.05) is 18.2 Å². The maximum absolute atomic E-state index is 13.2. The molecule has 0 amide bonds. The van der Waals surface area contributed by atoms with E-state index >= 15 is 0 Å². The molecule has 1 aromatic heterocycles. The minimum atomic E-state index is -4.41. The summed E-state index contributed by atoms with van der Waals surface area (Å²) in [5, 5.41) is 3.42. The maximum atomic E-state index is 13.2. The highest BCUT2D eigenvalue weighted by atomic mass is 19.4. The average molecular weight is 450 g/mol. The van der Waals surface area contributed by atoms with Crippen LogP contribution in [-0.2, 0) is 12.7 Å². The maximum Gasteiger partial charge on any atom is 0.416 e. The largest absolute Gasteiger partial charge is 0.416 e. The summed E-state index contributed by atoms with van der Waals surface area (Å²) < 4.78 is 41.7. The minimum absolute atomic E-state index is 0.453. The summed E-state index contributed by atoms with van der Waals surface area (Å²) in [4.78, 5) is 18.2. The molecule has 4 heterocycles. The molecule has 2 aromatic rings. The van der Waals surface area contributed by atoms with Gasteiger partial charge in [0.05, 0.1) is 17.2 Å². The second-order valence-corrected chi connectivity index (χ2v) is 7.99. The fraction of sp³-hybridized carbons (Fsp3) is 0.250. The Hall–Kier alpha value is -3.75. The van der Waals surface area contributed by atoms with Crippen LogP contribution in [0.4, 0.5) is 19.0 Å². The van der Waals surface area contributed by atoms with Crippen molar-refractivity contribution in [3.05, 3.63) is 77.3 Å². The van der Waals surface area contributed by atoms with Gasteiger partial charge in [-0.05, 0) is 43.7 Å². The molecule has 0 spiro atoms. The zero-order chi connectivity index (χ0) is 23.2. The van der Waals surface area contributed by atoms with Crippen LogP contribution in [0.2, 0.25) is 0 Å². The molecule has 0 bridgehead atoms. The number of hydrogen-bond donors (Lipinski definition) is 1. The van der Waals surface area contributed by atoms with Crippen molar-refractivity contribution in [2.24, 2.45) is 4.99 Å². The normalized spacial score (nSPS) is 14.9. The molecule has 33 heavy (non-hydrogen) atoms. The van der Waals surface area contributed by atoms with Gasteiger partial charge in [-0.2, -0.15) is 13.2 Å². The van der Waals surface area contributed by atoms with Crippen LogP contribution in [-0.4, -0.2) is 26.1 Å². The Morgan fingerprint density at radius 3 is 2.70 bits per heavy atom. The molecule has 0 saturated heterocycles. The first-order chi connectivity index (χ1) is 15.8. The molecule has 1 aromatic carbocycles. The van der Waals surface area contributed by atoms with Crippen LogP contribution in [0, 0.1) is 6.92 Å². The van der Waals surface area contributed by atoms with Gasteiger partial charge < -0.3 is 9.88 Å². The third-order valence-electron chi connectivity index (χ3n) is 5.70. The number of aryl methyl sites for hydroxylation is 1. The Labute approximate surface area is 188 Å². The quantitative estimate of drug-likeness (QED) is 0.484. The summed E-state index contributed by atoms with van der Waals surface area (Å²) in [7, 11) is 0. The fourth-order valence-electron chi connectivity index (χ4n) is 4.12. The van der Waals surface area contributed by atoms with Crippen molar-refractivity contribution in [2.45, 2.75) is 32.6 Å². The SMILES string of the molecule is Cc1nc2n3c(c(-c4cccnc4)cc-2c(=NC(C)c2cccc(C(F)(F)F)c2)n1)NCC3. The Morgan fingerprint density at radius 2 is 1.94 bits per heavy atom. The van der Waals surface area contributed by atoms with Crippen LogP contribution < -0.4 is 10.8 Å². The fourth-order valence-corrected chi connectivity index (χ4v) is 4.12. The van der Waals surface area contributed by atoms with Gasteiger partial charge in [0.2, 0.25) is 0 Å². The summed E-state index contributed by atoms with van der Waals surface area (Å²) in [6.45, 7) is 5.06. The van der Waals surface area contributed by atoms with Crippen LogP contribution in [0.5, 0.6) is 0 Å². The number of fused-ring (bicyclic) bond motifs is 3. The number of alkyl halides is 3. The van der Waals surface area contributed by atoms with Crippen LogP contribution in [0.1, 0.15) is 29.9 Å². The topological polar surface area (TPSA) is 68.0 Å². The van der Waals surface area contributed by atoms with Crippen molar-refractivity contribution in [3.8, 4) is 22.5 Å². The molecule has 0 aliphatic carbocycles. The van der Waals surface area contributed by atoms with Gasteiger partial charge in [-0.15, -0.1) is 0 Å². The standard InChI is InChI=1S/C24H21F3N6/c1-14(16-5-3-7-18(11-16)24(25,26)27)30-21-20-12-19(17-6-4-8-28-13-17)22-29-9-10-33(22)23(20)32-15(2)31-21/h3-8,11-14,29H,9-10H2,1-2H3. The van der Waals surface area contributed by atoms with Crippen molar-refractivity contribution >= 4 is 5.82 Å². The number of aromatic nitrogens is 4. The Balaban J connectivity index is 1.70. The van der Waals surface area contributed by atoms with E-state index in [1.165, 1.54) is 6.07 Å². The smallest absolute Gasteiger partial charge is 0.369 e. The lowest BCUT2D eigenvalue weighted by Crippen LogP contribution is -2.21. The number of anilines is 1. The Bertz CT molecular complexity index is 1360. The molecule has 0 radical (unpaired) electrons. The van der Waals surface area contributed by atoms with E-state index in [0.717, 1.165) is 53.6 Å². The van der Waals surface area contributed by atoms with E-state index in [9.17, 15) is 13.2 Å². The van der Waals surface area contributed by atoms with E-state index in [-0.39, 0.29) is 0 Å². The molecule has 3 aliphatic heterocycles. The number of hydrogen-bond acceptors (Lipinski definition) is 5.